The summed E-state index contributed by atoms with van der Waals surface area (Å²) < 4.78 is 0. The molecule has 0 atom stereocenters. The van der Waals surface area contributed by atoms with E-state index in [4.69, 9.17) is 21.7 Å². The molecular weight excluding hydrogens is 122 g/mol. The molecule has 0 aliphatic heterocycles. The van der Waals surface area contributed by atoms with E-state index in [2.05, 4.69) is 4.99 Å². The van der Waals surface area contributed by atoms with Gasteiger partial charge in [-0.15, -0.1) is 0 Å². The first-order valence-corrected chi connectivity index (χ1v) is 2.51. The van der Waals surface area contributed by atoms with Crippen LogP contribution in [0.2, 0.25) is 0 Å². The quantitative estimate of drug-likeness (QED) is 0.255. The van der Waals surface area contributed by atoms with Crippen LogP contribution in [-0.4, -0.2) is 35.4 Å². The average molecular weight is 133 g/mol. The first-order valence-electron chi connectivity index (χ1n) is 2.51. The highest BCUT2D eigenvalue weighted by Gasteiger charge is 2.00. The van der Waals surface area contributed by atoms with Gasteiger partial charge in [-0.1, -0.05) is 0 Å². The highest BCUT2D eigenvalue weighted by molar-refractivity contribution is 5.75. The van der Waals surface area contributed by atoms with Crippen LogP contribution in [0.1, 0.15) is 0 Å². The molecule has 0 spiro atoms. The zero-order valence-corrected chi connectivity index (χ0v) is 4.99. The topological polar surface area (TPSA) is 105 Å². The molecule has 0 aromatic heterocycles. The van der Waals surface area contributed by atoms with E-state index in [1.54, 1.807) is 0 Å². The molecule has 0 aromatic carbocycles. The predicted molar refractivity (Wildman–Crippen MR) is 33.8 cm³/mol. The Hall–Kier alpha value is -0.810. The summed E-state index contributed by atoms with van der Waals surface area (Å²) >= 11 is 0. The molecule has 0 rings (SSSR count). The zero-order valence-electron chi connectivity index (χ0n) is 4.99. The van der Waals surface area contributed by atoms with Crippen molar-refractivity contribution in [2.75, 3.05) is 13.2 Å². The minimum absolute atomic E-state index is 0.122. The summed E-state index contributed by atoms with van der Waals surface area (Å²) in [6.07, 6.45) is 0. The summed E-state index contributed by atoms with van der Waals surface area (Å²) in [6, 6.07) is -0.574. The van der Waals surface area contributed by atoms with E-state index < -0.39 is 6.04 Å². The summed E-state index contributed by atoms with van der Waals surface area (Å²) in [4.78, 5) is 3.49. The van der Waals surface area contributed by atoms with Crippen molar-refractivity contribution in [2.45, 2.75) is 6.04 Å². The van der Waals surface area contributed by atoms with E-state index in [1.807, 2.05) is 0 Å². The normalized spacial score (nSPS) is 9.67. The number of hydrogen-bond acceptors (Lipinski definition) is 3. The molecule has 0 aliphatic carbocycles. The van der Waals surface area contributed by atoms with E-state index in [0.29, 0.717) is 0 Å². The number of hydrogen-bond donors (Lipinski definition) is 4. The van der Waals surface area contributed by atoms with Crippen molar-refractivity contribution in [3.63, 3.8) is 0 Å². The summed E-state index contributed by atoms with van der Waals surface area (Å²) in [7, 11) is 0. The molecule has 6 N–H and O–H groups in total. The third-order valence-electron chi connectivity index (χ3n) is 0.753. The molecule has 0 fully saturated rings. The van der Waals surface area contributed by atoms with Crippen molar-refractivity contribution in [3.8, 4) is 0 Å². The van der Waals surface area contributed by atoms with Crippen LogP contribution in [0.15, 0.2) is 4.99 Å². The molecule has 0 saturated heterocycles. The Morgan fingerprint density at radius 3 is 1.89 bits per heavy atom. The molecular formula is C4H11N3O2. The van der Waals surface area contributed by atoms with E-state index in [-0.39, 0.29) is 19.2 Å². The van der Waals surface area contributed by atoms with Crippen molar-refractivity contribution in [2.24, 2.45) is 16.5 Å². The maximum Gasteiger partial charge on any atom is 0.186 e. The Morgan fingerprint density at radius 2 is 1.78 bits per heavy atom. The number of aliphatic hydroxyl groups excluding tert-OH is 2. The Bertz CT molecular complexity index is 96.0. The van der Waals surface area contributed by atoms with Crippen LogP contribution in [0.5, 0.6) is 0 Å². The van der Waals surface area contributed by atoms with Gasteiger partial charge in [-0.3, -0.25) is 0 Å². The van der Waals surface area contributed by atoms with E-state index in [0.717, 1.165) is 0 Å². The second kappa shape index (κ2) is 4.11. The Kier molecular flexibility index (Phi) is 3.74. The molecule has 5 heteroatoms. The van der Waals surface area contributed by atoms with Crippen molar-refractivity contribution < 1.29 is 10.2 Å². The first-order chi connectivity index (χ1) is 4.20. The van der Waals surface area contributed by atoms with Crippen molar-refractivity contribution in [1.29, 1.82) is 0 Å². The lowest BCUT2D eigenvalue weighted by atomic mass is 10.4. The number of nitrogens with zero attached hydrogens (tertiary/aromatic N) is 1. The molecule has 0 aliphatic rings. The molecule has 5 nitrogen and oxygen atoms in total. The molecule has 0 bridgehead atoms. The minimum atomic E-state index is -0.574. The molecule has 0 aromatic rings. The van der Waals surface area contributed by atoms with Gasteiger partial charge in [-0.25, -0.2) is 4.99 Å². The maximum atomic E-state index is 8.40. The molecule has 0 unspecified atom stereocenters. The molecule has 54 valence electrons. The predicted octanol–water partition coefficient (Wildman–Crippen LogP) is -2.39. The van der Waals surface area contributed by atoms with Crippen LogP contribution < -0.4 is 11.5 Å². The summed E-state index contributed by atoms with van der Waals surface area (Å²) in [5, 5.41) is 16.8. The maximum absolute atomic E-state index is 8.40. The molecule has 0 heterocycles. The van der Waals surface area contributed by atoms with Crippen LogP contribution >= 0.6 is 0 Å². The third kappa shape index (κ3) is 3.75. The van der Waals surface area contributed by atoms with Crippen LogP contribution in [0.3, 0.4) is 0 Å². The molecule has 0 amide bonds. The fourth-order valence-electron chi connectivity index (χ4n) is 0.350. The van der Waals surface area contributed by atoms with E-state index in [9.17, 15) is 0 Å². The second-order valence-electron chi connectivity index (χ2n) is 1.57. The van der Waals surface area contributed by atoms with Gasteiger partial charge in [0.25, 0.3) is 0 Å². The number of aliphatic imine (C=N–C) groups is 1. The Labute approximate surface area is 53.0 Å². The standard InChI is InChI=1S/C4H11N3O2/c5-4(6)7-3(1-8)2-9/h3,8-9H,1-2H2,(H4,5,6,7). The Morgan fingerprint density at radius 1 is 1.33 bits per heavy atom. The number of rotatable bonds is 3. The lowest BCUT2D eigenvalue weighted by Crippen LogP contribution is -2.28. The van der Waals surface area contributed by atoms with Crippen LogP contribution in [0.25, 0.3) is 0 Å². The van der Waals surface area contributed by atoms with Crippen LogP contribution in [-0.2, 0) is 0 Å². The van der Waals surface area contributed by atoms with Gasteiger partial charge in [0.05, 0.1) is 19.3 Å². The van der Waals surface area contributed by atoms with Gasteiger partial charge in [-0.2, -0.15) is 0 Å². The fourth-order valence-corrected chi connectivity index (χ4v) is 0.350. The summed E-state index contributed by atoms with van der Waals surface area (Å²) in [5.41, 5.74) is 9.90. The van der Waals surface area contributed by atoms with Crippen molar-refractivity contribution in [1.82, 2.24) is 0 Å². The first kappa shape index (κ1) is 8.19. The third-order valence-corrected chi connectivity index (χ3v) is 0.753. The smallest absolute Gasteiger partial charge is 0.186 e. The number of guanidine groups is 1. The fraction of sp³-hybridized carbons (Fsp3) is 0.750. The SMILES string of the molecule is NC(N)=NC(CO)CO. The van der Waals surface area contributed by atoms with Crippen LogP contribution in [0.4, 0.5) is 0 Å². The highest BCUT2D eigenvalue weighted by atomic mass is 16.3. The molecule has 9 heavy (non-hydrogen) atoms. The van der Waals surface area contributed by atoms with Gasteiger partial charge in [0.15, 0.2) is 5.96 Å². The molecule has 0 saturated carbocycles. The number of aliphatic hydroxyl groups is 2. The highest BCUT2D eigenvalue weighted by Crippen LogP contribution is 1.84. The summed E-state index contributed by atoms with van der Waals surface area (Å²) in [5.74, 6) is -0.122. The monoisotopic (exact) mass is 133 g/mol. The molecule has 0 radical (unpaired) electrons. The lowest BCUT2D eigenvalue weighted by molar-refractivity contribution is 0.195. The van der Waals surface area contributed by atoms with E-state index in [1.165, 1.54) is 0 Å². The number of nitrogens with two attached hydrogens (primary N) is 2. The summed E-state index contributed by atoms with van der Waals surface area (Å²) in [6.45, 7) is -0.483. The zero-order chi connectivity index (χ0) is 7.28. The van der Waals surface area contributed by atoms with Gasteiger partial charge in [-0.05, 0) is 0 Å². The van der Waals surface area contributed by atoms with Gasteiger partial charge >= 0.3 is 0 Å². The van der Waals surface area contributed by atoms with Crippen molar-refractivity contribution in [3.05, 3.63) is 0 Å². The lowest BCUT2D eigenvalue weighted by Gasteiger charge is -2.03. The minimum Gasteiger partial charge on any atom is -0.394 e. The Balaban J connectivity index is 3.68. The van der Waals surface area contributed by atoms with Gasteiger partial charge < -0.3 is 21.7 Å². The van der Waals surface area contributed by atoms with Gasteiger partial charge in [0.1, 0.15) is 0 Å². The second-order valence-corrected chi connectivity index (χ2v) is 1.57. The van der Waals surface area contributed by atoms with Crippen molar-refractivity contribution >= 4 is 5.96 Å². The van der Waals surface area contributed by atoms with E-state index >= 15 is 0 Å². The van der Waals surface area contributed by atoms with Gasteiger partial charge in [0, 0.05) is 0 Å². The average Bonchev–Trinajstić information content (AvgIpc) is 1.82. The van der Waals surface area contributed by atoms with Gasteiger partial charge in [0.2, 0.25) is 0 Å². The van der Waals surface area contributed by atoms with Crippen LogP contribution in [0, 0.1) is 0 Å². The largest absolute Gasteiger partial charge is 0.394 e.